The van der Waals surface area contributed by atoms with Crippen molar-refractivity contribution in [2.75, 3.05) is 32.1 Å². The van der Waals surface area contributed by atoms with Gasteiger partial charge >= 0.3 is 0 Å². The Morgan fingerprint density at radius 2 is 2.23 bits per heavy atom. The minimum absolute atomic E-state index is 0. The molecule has 2 aliphatic heterocycles. The first-order chi connectivity index (χ1) is 10.2. The lowest BCUT2D eigenvalue weighted by Crippen LogP contribution is -2.46. The van der Waals surface area contributed by atoms with Crippen molar-refractivity contribution in [3.8, 4) is 0 Å². The van der Waals surface area contributed by atoms with E-state index in [1.807, 2.05) is 17.0 Å². The second kappa shape index (κ2) is 7.34. The number of benzene rings is 1. The van der Waals surface area contributed by atoms with Gasteiger partial charge in [0.2, 0.25) is 0 Å². The average molecular weight is 325 g/mol. The summed E-state index contributed by atoms with van der Waals surface area (Å²) < 4.78 is 5.53. The molecule has 1 saturated heterocycles. The lowest BCUT2D eigenvalue weighted by Gasteiger charge is -2.36. The van der Waals surface area contributed by atoms with Crippen molar-refractivity contribution < 1.29 is 9.53 Å². The number of nitrogens with one attached hydrogen (secondary N) is 1. The predicted octanol–water partition coefficient (Wildman–Crippen LogP) is 2.96. The maximum absolute atomic E-state index is 12.9. The van der Waals surface area contributed by atoms with Gasteiger partial charge in [-0.25, -0.2) is 0 Å². The highest BCUT2D eigenvalue weighted by Crippen LogP contribution is 2.28. The third-order valence-electron chi connectivity index (χ3n) is 4.80. The first-order valence-electron chi connectivity index (χ1n) is 7.88. The van der Waals surface area contributed by atoms with Gasteiger partial charge in [-0.05, 0) is 42.9 Å². The van der Waals surface area contributed by atoms with Crippen molar-refractivity contribution in [1.82, 2.24) is 4.90 Å². The van der Waals surface area contributed by atoms with Gasteiger partial charge in [0, 0.05) is 38.0 Å². The van der Waals surface area contributed by atoms with Gasteiger partial charge in [0.1, 0.15) is 0 Å². The zero-order valence-corrected chi connectivity index (χ0v) is 14.1. The van der Waals surface area contributed by atoms with Gasteiger partial charge in [-0.15, -0.1) is 12.4 Å². The first-order valence-corrected chi connectivity index (χ1v) is 7.88. The Morgan fingerprint density at radius 3 is 3.00 bits per heavy atom. The van der Waals surface area contributed by atoms with Crippen molar-refractivity contribution in [2.24, 2.45) is 5.92 Å². The van der Waals surface area contributed by atoms with Gasteiger partial charge in [0.15, 0.2) is 0 Å². The summed E-state index contributed by atoms with van der Waals surface area (Å²) in [4.78, 5) is 14.8. The number of fused-ring (bicyclic) bond motifs is 1. The summed E-state index contributed by atoms with van der Waals surface area (Å²) in [5, 5.41) is 3.39. The van der Waals surface area contributed by atoms with Gasteiger partial charge in [0.05, 0.1) is 6.10 Å². The minimum Gasteiger partial charge on any atom is -0.385 e. The SMILES string of the molecule is COC1CN(C(=O)c2cccc3c2CCCN3)CCC1C.Cl. The quantitative estimate of drug-likeness (QED) is 0.909. The van der Waals surface area contributed by atoms with Crippen LogP contribution in [0.4, 0.5) is 5.69 Å². The maximum atomic E-state index is 12.9. The van der Waals surface area contributed by atoms with Gasteiger partial charge in [-0.3, -0.25) is 4.79 Å². The highest BCUT2D eigenvalue weighted by Gasteiger charge is 2.30. The summed E-state index contributed by atoms with van der Waals surface area (Å²) in [5.41, 5.74) is 3.17. The molecule has 2 atom stereocenters. The second-order valence-electron chi connectivity index (χ2n) is 6.15. The Morgan fingerprint density at radius 1 is 1.41 bits per heavy atom. The largest absolute Gasteiger partial charge is 0.385 e. The van der Waals surface area contributed by atoms with E-state index in [4.69, 9.17) is 4.74 Å². The van der Waals surface area contributed by atoms with Crippen LogP contribution in [0, 0.1) is 5.92 Å². The fourth-order valence-corrected chi connectivity index (χ4v) is 3.41. The van der Waals surface area contributed by atoms with Crippen LogP contribution in [0.15, 0.2) is 18.2 Å². The molecule has 1 N–H and O–H groups in total. The minimum atomic E-state index is 0. The lowest BCUT2D eigenvalue weighted by atomic mass is 9.93. The number of carbonyl (C=O) groups excluding carboxylic acids is 1. The second-order valence-corrected chi connectivity index (χ2v) is 6.15. The molecule has 2 heterocycles. The number of hydrogen-bond donors (Lipinski definition) is 1. The standard InChI is InChI=1S/C17H24N2O2.ClH/c1-12-8-10-19(11-16(12)21-2)17(20)14-5-3-7-15-13(14)6-4-9-18-15;/h3,5,7,12,16,18H,4,6,8-11H2,1-2H3;1H. The van der Waals surface area contributed by atoms with E-state index < -0.39 is 0 Å². The normalized spacial score (nSPS) is 24.0. The monoisotopic (exact) mass is 324 g/mol. The average Bonchev–Trinajstić information content (AvgIpc) is 2.54. The van der Waals surface area contributed by atoms with E-state index in [1.165, 1.54) is 5.56 Å². The number of nitrogens with zero attached hydrogens (tertiary/aromatic N) is 1. The highest BCUT2D eigenvalue weighted by molar-refractivity contribution is 5.97. The van der Waals surface area contributed by atoms with E-state index in [2.05, 4.69) is 18.3 Å². The van der Waals surface area contributed by atoms with E-state index in [0.29, 0.717) is 12.5 Å². The number of likely N-dealkylation sites (tertiary alicyclic amines) is 1. The van der Waals surface area contributed by atoms with Gasteiger partial charge in [-0.1, -0.05) is 13.0 Å². The van der Waals surface area contributed by atoms with Gasteiger partial charge < -0.3 is 15.0 Å². The molecule has 2 unspecified atom stereocenters. The molecule has 0 bridgehead atoms. The Bertz CT molecular complexity index is 535. The van der Waals surface area contributed by atoms with Crippen molar-refractivity contribution in [1.29, 1.82) is 0 Å². The van der Waals surface area contributed by atoms with Crippen molar-refractivity contribution in [3.05, 3.63) is 29.3 Å². The molecule has 0 aromatic heterocycles. The molecule has 0 aliphatic carbocycles. The van der Waals surface area contributed by atoms with E-state index in [-0.39, 0.29) is 24.4 Å². The van der Waals surface area contributed by atoms with E-state index in [9.17, 15) is 4.79 Å². The molecule has 1 aromatic rings. The fourth-order valence-electron chi connectivity index (χ4n) is 3.41. The summed E-state index contributed by atoms with van der Waals surface area (Å²) in [7, 11) is 1.74. The Hall–Kier alpha value is -1.26. The summed E-state index contributed by atoms with van der Waals surface area (Å²) >= 11 is 0. The number of methoxy groups -OCH3 is 1. The molecular formula is C17H25ClN2O2. The summed E-state index contributed by atoms with van der Waals surface area (Å²) in [6.45, 7) is 4.73. The molecular weight excluding hydrogens is 300 g/mol. The zero-order valence-electron chi connectivity index (χ0n) is 13.3. The number of ether oxygens (including phenoxy) is 1. The van der Waals surface area contributed by atoms with Crippen molar-refractivity contribution >= 4 is 24.0 Å². The maximum Gasteiger partial charge on any atom is 0.254 e. The molecule has 22 heavy (non-hydrogen) atoms. The number of rotatable bonds is 2. The lowest BCUT2D eigenvalue weighted by molar-refractivity contribution is -0.00160. The third kappa shape index (κ3) is 3.23. The number of anilines is 1. The molecule has 3 rings (SSSR count). The fraction of sp³-hybridized carbons (Fsp3) is 0.588. The van der Waals surface area contributed by atoms with Crippen LogP contribution in [-0.2, 0) is 11.2 Å². The summed E-state index contributed by atoms with van der Waals surface area (Å²) in [5.74, 6) is 0.676. The molecule has 122 valence electrons. The van der Waals surface area contributed by atoms with Crippen LogP contribution >= 0.6 is 12.4 Å². The highest BCUT2D eigenvalue weighted by atomic mass is 35.5. The molecule has 0 saturated carbocycles. The van der Waals surface area contributed by atoms with Crippen LogP contribution < -0.4 is 5.32 Å². The zero-order chi connectivity index (χ0) is 14.8. The van der Waals surface area contributed by atoms with Crippen molar-refractivity contribution in [2.45, 2.75) is 32.3 Å². The van der Waals surface area contributed by atoms with Crippen LogP contribution in [0.5, 0.6) is 0 Å². The van der Waals surface area contributed by atoms with Gasteiger partial charge in [-0.2, -0.15) is 0 Å². The van der Waals surface area contributed by atoms with Crippen LogP contribution in [0.25, 0.3) is 0 Å². The molecule has 5 heteroatoms. The number of carbonyl (C=O) groups is 1. The Labute approximate surface area is 138 Å². The Balaban J connectivity index is 0.00000176. The topological polar surface area (TPSA) is 41.6 Å². The first kappa shape index (κ1) is 17.1. The predicted molar refractivity (Wildman–Crippen MR) is 91.0 cm³/mol. The molecule has 0 radical (unpaired) electrons. The third-order valence-corrected chi connectivity index (χ3v) is 4.80. The summed E-state index contributed by atoms with van der Waals surface area (Å²) in [6.07, 6.45) is 3.25. The molecule has 1 aromatic carbocycles. The number of hydrogen-bond acceptors (Lipinski definition) is 3. The van der Waals surface area contributed by atoms with Crippen LogP contribution in [0.2, 0.25) is 0 Å². The Kier molecular flexibility index (Phi) is 5.70. The number of halogens is 1. The van der Waals surface area contributed by atoms with Gasteiger partial charge in [0.25, 0.3) is 5.91 Å². The summed E-state index contributed by atoms with van der Waals surface area (Å²) in [6, 6.07) is 6.01. The molecule has 0 spiro atoms. The van der Waals surface area contributed by atoms with E-state index in [1.54, 1.807) is 7.11 Å². The molecule has 4 nitrogen and oxygen atoms in total. The van der Waals surface area contributed by atoms with E-state index in [0.717, 1.165) is 43.6 Å². The number of amides is 1. The van der Waals surface area contributed by atoms with E-state index >= 15 is 0 Å². The molecule has 1 amide bonds. The van der Waals surface area contributed by atoms with Crippen LogP contribution in [-0.4, -0.2) is 43.7 Å². The number of piperidine rings is 1. The molecule has 2 aliphatic rings. The molecule has 1 fully saturated rings. The van der Waals surface area contributed by atoms with Crippen molar-refractivity contribution in [3.63, 3.8) is 0 Å². The smallest absolute Gasteiger partial charge is 0.254 e. The van der Waals surface area contributed by atoms with Crippen LogP contribution in [0.1, 0.15) is 35.7 Å². The van der Waals surface area contributed by atoms with Crippen LogP contribution in [0.3, 0.4) is 0 Å².